The van der Waals surface area contributed by atoms with Crippen molar-refractivity contribution in [3.05, 3.63) is 63.6 Å². The number of benzene rings is 2. The van der Waals surface area contributed by atoms with Crippen molar-refractivity contribution in [2.24, 2.45) is 5.84 Å². The number of halogens is 2. The van der Waals surface area contributed by atoms with Crippen LogP contribution in [0.15, 0.2) is 47.4 Å². The van der Waals surface area contributed by atoms with Gasteiger partial charge in [0.2, 0.25) is 0 Å². The second-order valence-electron chi connectivity index (χ2n) is 4.62. The van der Waals surface area contributed by atoms with Crippen molar-refractivity contribution >= 4 is 33.0 Å². The largest absolute Gasteiger partial charge is 0.271 e. The molecule has 0 aliphatic rings. The fourth-order valence-corrected chi connectivity index (χ4v) is 2.98. The number of rotatable bonds is 4. The van der Waals surface area contributed by atoms with Crippen LogP contribution in [-0.4, -0.2) is 14.7 Å². The highest BCUT2D eigenvalue weighted by Gasteiger charge is 2.16. The third-order valence-electron chi connectivity index (χ3n) is 3.06. The number of nitrogens with two attached hydrogens (primary N) is 1. The fourth-order valence-electron chi connectivity index (χ4n) is 2.00. The van der Waals surface area contributed by atoms with Crippen molar-refractivity contribution in [1.29, 1.82) is 0 Å². The number of hydrogen-bond acceptors (Lipinski definition) is 4. The van der Waals surface area contributed by atoms with Crippen LogP contribution in [-0.2, 0) is 9.84 Å². The van der Waals surface area contributed by atoms with Crippen molar-refractivity contribution in [3.8, 4) is 0 Å². The summed E-state index contributed by atoms with van der Waals surface area (Å²) in [5.74, 6) is 5.61. The summed E-state index contributed by atoms with van der Waals surface area (Å²) in [5, 5.41) is 0.856. The molecule has 0 fully saturated rings. The van der Waals surface area contributed by atoms with E-state index in [1.54, 1.807) is 42.5 Å². The molecule has 0 radical (unpaired) electrons. The van der Waals surface area contributed by atoms with Gasteiger partial charge in [0.25, 0.3) is 0 Å². The van der Waals surface area contributed by atoms with E-state index < -0.39 is 9.84 Å². The van der Waals surface area contributed by atoms with E-state index in [9.17, 15) is 8.42 Å². The zero-order chi connectivity index (χ0) is 15.6. The van der Waals surface area contributed by atoms with Gasteiger partial charge in [0.05, 0.1) is 21.0 Å². The van der Waals surface area contributed by atoms with Crippen LogP contribution in [0.2, 0.25) is 10.0 Å². The summed E-state index contributed by atoms with van der Waals surface area (Å²) in [6.07, 6.45) is 1.16. The van der Waals surface area contributed by atoms with E-state index in [0.717, 1.165) is 17.4 Å². The zero-order valence-electron chi connectivity index (χ0n) is 11.2. The lowest BCUT2D eigenvalue weighted by Crippen LogP contribution is -2.29. The van der Waals surface area contributed by atoms with Crippen LogP contribution in [0.4, 0.5) is 0 Å². The lowest BCUT2D eigenvalue weighted by Gasteiger charge is -2.18. The summed E-state index contributed by atoms with van der Waals surface area (Å²) in [5.41, 5.74) is 4.17. The summed E-state index contributed by atoms with van der Waals surface area (Å²) in [6, 6.07) is 11.4. The number of hydrazine groups is 1. The first kappa shape index (κ1) is 16.3. The molecule has 2 aromatic carbocycles. The van der Waals surface area contributed by atoms with E-state index >= 15 is 0 Å². The second kappa shape index (κ2) is 6.34. The molecule has 0 spiro atoms. The third kappa shape index (κ3) is 3.75. The van der Waals surface area contributed by atoms with Gasteiger partial charge in [-0.3, -0.25) is 5.84 Å². The molecule has 0 aliphatic carbocycles. The van der Waals surface area contributed by atoms with E-state index in [-0.39, 0.29) is 10.9 Å². The lowest BCUT2D eigenvalue weighted by atomic mass is 9.99. The zero-order valence-corrected chi connectivity index (χ0v) is 13.5. The normalized spacial score (nSPS) is 13.1. The molecule has 0 aromatic heterocycles. The summed E-state index contributed by atoms with van der Waals surface area (Å²) in [7, 11) is -3.28. The van der Waals surface area contributed by atoms with Gasteiger partial charge in [-0.15, -0.1) is 0 Å². The molecule has 0 aliphatic heterocycles. The molecule has 112 valence electrons. The minimum absolute atomic E-state index is 0.236. The average Bonchev–Trinajstić information content (AvgIpc) is 2.43. The van der Waals surface area contributed by atoms with Gasteiger partial charge in [-0.05, 0) is 35.4 Å². The minimum Gasteiger partial charge on any atom is -0.271 e. The molecular formula is C14H14Cl2N2O2S. The van der Waals surface area contributed by atoms with Gasteiger partial charge >= 0.3 is 0 Å². The highest BCUT2D eigenvalue weighted by molar-refractivity contribution is 7.90. The van der Waals surface area contributed by atoms with E-state index in [1.807, 2.05) is 0 Å². The monoisotopic (exact) mass is 344 g/mol. The molecule has 0 bridgehead atoms. The highest BCUT2D eigenvalue weighted by atomic mass is 35.5. The Kier molecular flexibility index (Phi) is 4.91. The van der Waals surface area contributed by atoms with Gasteiger partial charge in [-0.2, -0.15) is 0 Å². The topological polar surface area (TPSA) is 72.2 Å². The summed E-state index contributed by atoms with van der Waals surface area (Å²) >= 11 is 11.9. The Morgan fingerprint density at radius 3 is 2.29 bits per heavy atom. The van der Waals surface area contributed by atoms with Crippen LogP contribution < -0.4 is 11.3 Å². The van der Waals surface area contributed by atoms with Gasteiger partial charge < -0.3 is 0 Å². The summed E-state index contributed by atoms with van der Waals surface area (Å²) in [6.45, 7) is 0. The van der Waals surface area contributed by atoms with Gasteiger partial charge in [-0.1, -0.05) is 41.4 Å². The standard InChI is InChI=1S/C14H14Cl2N2O2S/c1-21(19,20)11-4-2-3-9(7-11)14(18-17)10-5-6-12(15)13(16)8-10/h2-8,14,18H,17H2,1H3. The maximum atomic E-state index is 11.6. The van der Waals surface area contributed by atoms with Gasteiger partial charge in [0, 0.05) is 6.26 Å². The van der Waals surface area contributed by atoms with Crippen molar-refractivity contribution in [3.63, 3.8) is 0 Å². The molecule has 7 heteroatoms. The Morgan fingerprint density at radius 1 is 1.05 bits per heavy atom. The van der Waals surface area contributed by atoms with Crippen LogP contribution in [0.5, 0.6) is 0 Å². The molecule has 4 nitrogen and oxygen atoms in total. The molecular weight excluding hydrogens is 331 g/mol. The molecule has 1 atom stereocenters. The maximum absolute atomic E-state index is 11.6. The minimum atomic E-state index is -3.28. The van der Waals surface area contributed by atoms with Crippen LogP contribution in [0, 0.1) is 0 Å². The first-order valence-corrected chi connectivity index (χ1v) is 8.69. The van der Waals surface area contributed by atoms with E-state index in [0.29, 0.717) is 10.0 Å². The Bertz CT molecular complexity index is 763. The van der Waals surface area contributed by atoms with Crippen LogP contribution >= 0.6 is 23.2 Å². The van der Waals surface area contributed by atoms with Crippen LogP contribution in [0.3, 0.4) is 0 Å². The molecule has 0 amide bonds. The Balaban J connectivity index is 2.49. The Hall–Kier alpha value is -1.11. The molecule has 1 unspecified atom stereocenters. The Morgan fingerprint density at radius 2 is 1.71 bits per heavy atom. The summed E-state index contributed by atoms with van der Waals surface area (Å²) < 4.78 is 23.3. The highest BCUT2D eigenvalue weighted by Crippen LogP contribution is 2.29. The third-order valence-corrected chi connectivity index (χ3v) is 4.91. The van der Waals surface area contributed by atoms with Crippen LogP contribution in [0.25, 0.3) is 0 Å². The number of hydrogen-bond donors (Lipinski definition) is 2. The quantitative estimate of drug-likeness (QED) is 0.660. The summed E-state index contributed by atoms with van der Waals surface area (Å²) in [4.78, 5) is 0.236. The lowest BCUT2D eigenvalue weighted by molar-refractivity contribution is 0.600. The first-order valence-electron chi connectivity index (χ1n) is 6.04. The maximum Gasteiger partial charge on any atom is 0.175 e. The predicted molar refractivity (Wildman–Crippen MR) is 85.2 cm³/mol. The molecule has 3 N–H and O–H groups in total. The first-order chi connectivity index (χ1) is 9.82. The molecule has 2 rings (SSSR count). The fraction of sp³-hybridized carbons (Fsp3) is 0.143. The second-order valence-corrected chi connectivity index (χ2v) is 7.45. The average molecular weight is 345 g/mol. The molecule has 2 aromatic rings. The van der Waals surface area contributed by atoms with E-state index in [4.69, 9.17) is 29.0 Å². The van der Waals surface area contributed by atoms with Crippen molar-refractivity contribution in [1.82, 2.24) is 5.43 Å². The van der Waals surface area contributed by atoms with Gasteiger partial charge in [-0.25, -0.2) is 13.8 Å². The SMILES string of the molecule is CS(=O)(=O)c1cccc(C(NN)c2ccc(Cl)c(Cl)c2)c1. The molecule has 0 heterocycles. The number of nitrogens with one attached hydrogen (secondary N) is 1. The van der Waals surface area contributed by atoms with Gasteiger partial charge in [0.15, 0.2) is 9.84 Å². The smallest absolute Gasteiger partial charge is 0.175 e. The molecule has 0 saturated heterocycles. The van der Waals surface area contributed by atoms with Crippen molar-refractivity contribution in [2.75, 3.05) is 6.26 Å². The van der Waals surface area contributed by atoms with Crippen molar-refractivity contribution < 1.29 is 8.42 Å². The predicted octanol–water partition coefficient (Wildman–Crippen LogP) is 2.95. The number of sulfone groups is 1. The molecule has 21 heavy (non-hydrogen) atoms. The molecule has 0 saturated carbocycles. The van der Waals surface area contributed by atoms with Gasteiger partial charge in [0.1, 0.15) is 0 Å². The van der Waals surface area contributed by atoms with Crippen LogP contribution in [0.1, 0.15) is 17.2 Å². The Labute approximate surface area is 133 Å². The van der Waals surface area contributed by atoms with E-state index in [1.165, 1.54) is 0 Å². The van der Waals surface area contributed by atoms with Crippen molar-refractivity contribution in [2.45, 2.75) is 10.9 Å². The van der Waals surface area contributed by atoms with E-state index in [2.05, 4.69) is 5.43 Å².